The third-order valence-corrected chi connectivity index (χ3v) is 2.87. The fourth-order valence-corrected chi connectivity index (χ4v) is 1.91. The Bertz CT molecular complexity index is 235. The van der Waals surface area contributed by atoms with Crippen LogP contribution in [0.4, 0.5) is 0 Å². The summed E-state index contributed by atoms with van der Waals surface area (Å²) in [7, 11) is 0. The first-order valence-electron chi connectivity index (χ1n) is 5.83. The maximum absolute atomic E-state index is 9.60. The van der Waals surface area contributed by atoms with E-state index in [0.29, 0.717) is 6.47 Å². The summed E-state index contributed by atoms with van der Waals surface area (Å²) in [5, 5.41) is 0. The molecule has 2 aliphatic carbocycles. The van der Waals surface area contributed by atoms with Crippen LogP contribution in [0.15, 0.2) is 11.6 Å². The SMILES string of the molecule is C1=C2CCC2CCC1.CC(C)(C)OC=O. The predicted molar refractivity (Wildman–Crippen MR) is 61.6 cm³/mol. The molecule has 0 radical (unpaired) electrons. The van der Waals surface area contributed by atoms with Gasteiger partial charge in [0.1, 0.15) is 5.60 Å². The smallest absolute Gasteiger partial charge is 0.293 e. The molecule has 2 rings (SSSR count). The van der Waals surface area contributed by atoms with Gasteiger partial charge in [-0.2, -0.15) is 0 Å². The van der Waals surface area contributed by atoms with Gasteiger partial charge in [0.05, 0.1) is 0 Å². The third-order valence-electron chi connectivity index (χ3n) is 2.87. The largest absolute Gasteiger partial charge is 0.462 e. The molecule has 0 bridgehead atoms. The van der Waals surface area contributed by atoms with Gasteiger partial charge in [-0.05, 0) is 58.8 Å². The van der Waals surface area contributed by atoms with E-state index >= 15 is 0 Å². The van der Waals surface area contributed by atoms with Crippen molar-refractivity contribution in [2.45, 2.75) is 58.5 Å². The first kappa shape index (κ1) is 12.3. The van der Waals surface area contributed by atoms with E-state index < -0.39 is 0 Å². The number of carbonyl (C=O) groups is 1. The molecule has 0 amide bonds. The third kappa shape index (κ3) is 4.50. The minimum absolute atomic E-state index is 0.318. The van der Waals surface area contributed by atoms with Crippen molar-refractivity contribution in [1.29, 1.82) is 0 Å². The van der Waals surface area contributed by atoms with E-state index in [4.69, 9.17) is 0 Å². The number of hydrogen-bond acceptors (Lipinski definition) is 2. The van der Waals surface area contributed by atoms with E-state index in [1.54, 1.807) is 5.57 Å². The quantitative estimate of drug-likeness (QED) is 0.489. The summed E-state index contributed by atoms with van der Waals surface area (Å²) in [5.74, 6) is 1.05. The zero-order valence-electron chi connectivity index (χ0n) is 10.1. The monoisotopic (exact) mass is 210 g/mol. The molecule has 1 fully saturated rings. The molecule has 1 saturated carbocycles. The number of rotatable bonds is 1. The maximum Gasteiger partial charge on any atom is 0.293 e. The van der Waals surface area contributed by atoms with Gasteiger partial charge in [0.25, 0.3) is 6.47 Å². The Labute approximate surface area is 92.7 Å². The van der Waals surface area contributed by atoms with Crippen molar-refractivity contribution in [3.63, 3.8) is 0 Å². The Morgan fingerprint density at radius 1 is 1.40 bits per heavy atom. The molecule has 2 heteroatoms. The highest BCUT2D eigenvalue weighted by molar-refractivity contribution is 5.37. The number of hydrogen-bond donors (Lipinski definition) is 0. The highest BCUT2D eigenvalue weighted by atomic mass is 16.5. The average molecular weight is 210 g/mol. The Morgan fingerprint density at radius 3 is 2.33 bits per heavy atom. The number of carbonyl (C=O) groups excluding carboxylic acids is 1. The van der Waals surface area contributed by atoms with E-state index in [1.165, 1.54) is 32.1 Å². The molecular formula is C13H22O2. The van der Waals surface area contributed by atoms with Gasteiger partial charge >= 0.3 is 0 Å². The molecule has 0 aromatic carbocycles. The highest BCUT2D eigenvalue weighted by Crippen LogP contribution is 2.40. The van der Waals surface area contributed by atoms with Gasteiger partial charge in [0.15, 0.2) is 0 Å². The van der Waals surface area contributed by atoms with E-state index in [1.807, 2.05) is 20.8 Å². The molecular weight excluding hydrogens is 188 g/mol. The summed E-state index contributed by atoms with van der Waals surface area (Å²) in [6.07, 6.45) is 9.68. The van der Waals surface area contributed by atoms with E-state index in [9.17, 15) is 4.79 Å². The van der Waals surface area contributed by atoms with E-state index in [-0.39, 0.29) is 5.60 Å². The van der Waals surface area contributed by atoms with Crippen LogP contribution >= 0.6 is 0 Å². The zero-order valence-corrected chi connectivity index (χ0v) is 10.1. The van der Waals surface area contributed by atoms with Crippen molar-refractivity contribution in [3.05, 3.63) is 11.6 Å². The minimum atomic E-state index is -0.318. The molecule has 2 nitrogen and oxygen atoms in total. The van der Waals surface area contributed by atoms with Crippen LogP contribution in [0.25, 0.3) is 0 Å². The van der Waals surface area contributed by atoms with Crippen LogP contribution in [-0.2, 0) is 9.53 Å². The zero-order chi connectivity index (χ0) is 11.3. The molecule has 15 heavy (non-hydrogen) atoms. The van der Waals surface area contributed by atoms with Gasteiger partial charge in [-0.3, -0.25) is 4.79 Å². The lowest BCUT2D eigenvalue weighted by atomic mass is 9.73. The van der Waals surface area contributed by atoms with Gasteiger partial charge < -0.3 is 4.74 Å². The second-order valence-electron chi connectivity index (χ2n) is 5.27. The van der Waals surface area contributed by atoms with Gasteiger partial charge in [-0.15, -0.1) is 0 Å². The van der Waals surface area contributed by atoms with Crippen LogP contribution in [0.1, 0.15) is 52.9 Å². The Balaban J connectivity index is 0.000000153. The molecule has 0 heterocycles. The summed E-state index contributed by atoms with van der Waals surface area (Å²) in [6.45, 7) is 5.92. The van der Waals surface area contributed by atoms with Gasteiger partial charge in [0, 0.05) is 0 Å². The van der Waals surface area contributed by atoms with E-state index in [2.05, 4.69) is 10.8 Å². The molecule has 1 atom stereocenters. The topological polar surface area (TPSA) is 26.3 Å². The standard InChI is InChI=1S/C8H12.C5H10O2/c1-2-4-8-6-5-7(8)3-1;1-5(2,3)7-4-6/h3,8H,1-2,4-6H2;4H,1-3H3. The van der Waals surface area contributed by atoms with Crippen molar-refractivity contribution in [1.82, 2.24) is 0 Å². The minimum Gasteiger partial charge on any atom is -0.462 e. The van der Waals surface area contributed by atoms with Crippen molar-refractivity contribution in [3.8, 4) is 0 Å². The number of fused-ring (bicyclic) bond motifs is 1. The molecule has 0 aliphatic heterocycles. The normalized spacial score (nSPS) is 23.7. The molecule has 0 aromatic heterocycles. The van der Waals surface area contributed by atoms with Crippen molar-refractivity contribution in [2.24, 2.45) is 5.92 Å². The lowest BCUT2D eigenvalue weighted by Crippen LogP contribution is -2.17. The molecule has 0 saturated heterocycles. The predicted octanol–water partition coefficient (Wildman–Crippen LogP) is 3.46. The first-order valence-corrected chi connectivity index (χ1v) is 5.83. The Hall–Kier alpha value is -0.790. The number of allylic oxidation sites excluding steroid dienone is 2. The van der Waals surface area contributed by atoms with Crippen LogP contribution in [0.3, 0.4) is 0 Å². The van der Waals surface area contributed by atoms with Crippen molar-refractivity contribution < 1.29 is 9.53 Å². The van der Waals surface area contributed by atoms with Crippen molar-refractivity contribution in [2.75, 3.05) is 0 Å². The van der Waals surface area contributed by atoms with Crippen LogP contribution < -0.4 is 0 Å². The molecule has 86 valence electrons. The fourth-order valence-electron chi connectivity index (χ4n) is 1.91. The first-order chi connectivity index (χ1) is 7.03. The average Bonchev–Trinajstić information content (AvgIpc) is 2.06. The summed E-state index contributed by atoms with van der Waals surface area (Å²) in [5.41, 5.74) is 1.46. The molecule has 0 N–H and O–H groups in total. The van der Waals surface area contributed by atoms with Crippen LogP contribution in [0.5, 0.6) is 0 Å². The second kappa shape index (κ2) is 5.34. The van der Waals surface area contributed by atoms with Gasteiger partial charge in [-0.25, -0.2) is 0 Å². The van der Waals surface area contributed by atoms with Gasteiger partial charge in [0.2, 0.25) is 0 Å². The lowest BCUT2D eigenvalue weighted by Gasteiger charge is -2.33. The Morgan fingerprint density at radius 2 is 2.13 bits per heavy atom. The molecule has 0 spiro atoms. The molecule has 1 unspecified atom stereocenters. The number of ether oxygens (including phenoxy) is 1. The lowest BCUT2D eigenvalue weighted by molar-refractivity contribution is -0.138. The van der Waals surface area contributed by atoms with Gasteiger partial charge in [-0.1, -0.05) is 11.6 Å². The summed E-state index contributed by atoms with van der Waals surface area (Å²) in [4.78, 5) is 9.60. The molecule has 2 aliphatic rings. The van der Waals surface area contributed by atoms with E-state index in [0.717, 1.165) is 5.92 Å². The van der Waals surface area contributed by atoms with Crippen molar-refractivity contribution >= 4 is 6.47 Å². The highest BCUT2D eigenvalue weighted by Gasteiger charge is 2.24. The summed E-state index contributed by atoms with van der Waals surface area (Å²) < 4.78 is 4.55. The fraction of sp³-hybridized carbons (Fsp3) is 0.769. The maximum atomic E-state index is 9.60. The van der Waals surface area contributed by atoms with Crippen LogP contribution in [0, 0.1) is 5.92 Å². The van der Waals surface area contributed by atoms with Crippen LogP contribution in [-0.4, -0.2) is 12.1 Å². The summed E-state index contributed by atoms with van der Waals surface area (Å²) in [6, 6.07) is 0. The molecule has 0 aromatic rings. The summed E-state index contributed by atoms with van der Waals surface area (Å²) >= 11 is 0. The van der Waals surface area contributed by atoms with Crippen LogP contribution in [0.2, 0.25) is 0 Å². The Kier molecular flexibility index (Phi) is 4.37. The second-order valence-corrected chi connectivity index (χ2v) is 5.27.